The van der Waals surface area contributed by atoms with E-state index >= 15 is 0 Å². The van der Waals surface area contributed by atoms with Gasteiger partial charge < -0.3 is 4.98 Å². The van der Waals surface area contributed by atoms with Crippen molar-refractivity contribution in [2.45, 2.75) is 37.5 Å². The minimum atomic E-state index is -3.38. The van der Waals surface area contributed by atoms with Gasteiger partial charge in [0, 0.05) is 23.1 Å². The third kappa shape index (κ3) is 4.10. The lowest BCUT2D eigenvalue weighted by atomic mass is 9.96. The van der Waals surface area contributed by atoms with Gasteiger partial charge in [-0.3, -0.25) is 4.79 Å². The van der Waals surface area contributed by atoms with Crippen molar-refractivity contribution >= 4 is 27.0 Å². The Kier molecular flexibility index (Phi) is 5.39. The van der Waals surface area contributed by atoms with Gasteiger partial charge in [-0.05, 0) is 49.4 Å². The molecule has 3 rings (SSSR count). The lowest BCUT2D eigenvalue weighted by molar-refractivity contribution is 0.602. The highest BCUT2D eigenvalue weighted by molar-refractivity contribution is 7.90. The molecule has 0 aliphatic heterocycles. The van der Waals surface area contributed by atoms with Crippen LogP contribution in [0.3, 0.4) is 0 Å². The van der Waals surface area contributed by atoms with Crippen molar-refractivity contribution in [1.82, 2.24) is 4.98 Å². The van der Waals surface area contributed by atoms with Crippen LogP contribution in [0, 0.1) is 12.8 Å². The first-order valence-corrected chi connectivity index (χ1v) is 10.9. The molecule has 0 spiro atoms. The normalized spacial score (nSPS) is 16.2. The molecule has 0 radical (unpaired) electrons. The van der Waals surface area contributed by atoms with E-state index in [1.165, 1.54) is 18.9 Å². The second kappa shape index (κ2) is 7.41. The highest BCUT2D eigenvalue weighted by Crippen LogP contribution is 2.33. The van der Waals surface area contributed by atoms with Crippen molar-refractivity contribution in [2.75, 3.05) is 6.26 Å². The first-order valence-electron chi connectivity index (χ1n) is 8.68. The molecule has 0 bridgehead atoms. The predicted octanol–water partition coefficient (Wildman–Crippen LogP) is 4.36. The van der Waals surface area contributed by atoms with E-state index in [9.17, 15) is 13.2 Å². The Morgan fingerprint density at radius 2 is 1.88 bits per heavy atom. The van der Waals surface area contributed by atoms with Gasteiger partial charge >= 0.3 is 0 Å². The van der Waals surface area contributed by atoms with E-state index in [4.69, 9.17) is 11.6 Å². The Hall–Kier alpha value is -1.85. The number of benzene rings is 1. The zero-order chi connectivity index (χ0) is 18.9. The number of aromatic amines is 1. The zero-order valence-corrected chi connectivity index (χ0v) is 16.5. The summed E-state index contributed by atoms with van der Waals surface area (Å²) in [6, 6.07) is 8.62. The van der Waals surface area contributed by atoms with Gasteiger partial charge in [-0.2, -0.15) is 0 Å². The standard InChI is InChI=1S/C20H22ClNO3S/c1-13-7-9-18(22-20(13)23)16(11-14-5-3-4-6-14)15-8-10-19(17(21)12-15)26(2,24)25/h7-12,14H,3-6H2,1-2H3,(H,22,23). The van der Waals surface area contributed by atoms with Crippen LogP contribution >= 0.6 is 11.6 Å². The molecule has 1 N–H and O–H groups in total. The molecule has 0 atom stereocenters. The Bertz CT molecular complexity index is 1020. The molecule has 1 aliphatic carbocycles. The summed E-state index contributed by atoms with van der Waals surface area (Å²) in [6.45, 7) is 1.76. The monoisotopic (exact) mass is 391 g/mol. The zero-order valence-electron chi connectivity index (χ0n) is 14.9. The van der Waals surface area contributed by atoms with Crippen LogP contribution in [0.5, 0.6) is 0 Å². The number of hydrogen-bond acceptors (Lipinski definition) is 3. The van der Waals surface area contributed by atoms with Crippen molar-refractivity contribution in [2.24, 2.45) is 5.92 Å². The summed E-state index contributed by atoms with van der Waals surface area (Å²) in [7, 11) is -3.38. The van der Waals surface area contributed by atoms with Gasteiger partial charge in [-0.15, -0.1) is 0 Å². The third-order valence-electron chi connectivity index (χ3n) is 4.84. The molecule has 1 saturated carbocycles. The van der Waals surface area contributed by atoms with Crippen LogP contribution in [0.15, 0.2) is 46.1 Å². The first kappa shape index (κ1) is 18.9. The number of rotatable bonds is 4. The van der Waals surface area contributed by atoms with Crippen LogP contribution in [0.2, 0.25) is 5.02 Å². The van der Waals surface area contributed by atoms with E-state index < -0.39 is 9.84 Å². The SMILES string of the molecule is Cc1ccc(C(=CC2CCCC2)c2ccc(S(C)(=O)=O)c(Cl)c2)[nH]c1=O. The lowest BCUT2D eigenvalue weighted by Gasteiger charge is -2.13. The van der Waals surface area contributed by atoms with E-state index in [0.29, 0.717) is 11.5 Å². The number of hydrogen-bond donors (Lipinski definition) is 1. The molecule has 4 nitrogen and oxygen atoms in total. The average molecular weight is 392 g/mol. The molecular formula is C20H22ClNO3S. The minimum absolute atomic E-state index is 0.112. The third-order valence-corrected chi connectivity index (χ3v) is 6.42. The fourth-order valence-corrected chi connectivity index (χ4v) is 4.70. The minimum Gasteiger partial charge on any atom is -0.322 e. The van der Waals surface area contributed by atoms with Gasteiger partial charge in [0.25, 0.3) is 5.56 Å². The first-order chi connectivity index (χ1) is 12.3. The molecule has 1 aliphatic rings. The Labute approximate surface area is 158 Å². The molecule has 6 heteroatoms. The van der Waals surface area contributed by atoms with Crippen molar-refractivity contribution in [3.8, 4) is 0 Å². The van der Waals surface area contributed by atoms with Gasteiger partial charge in [0.1, 0.15) is 0 Å². The summed E-state index contributed by atoms with van der Waals surface area (Å²) < 4.78 is 23.6. The van der Waals surface area contributed by atoms with Gasteiger partial charge in [-0.1, -0.05) is 42.7 Å². The van der Waals surface area contributed by atoms with Crippen molar-refractivity contribution in [1.29, 1.82) is 0 Å². The van der Waals surface area contributed by atoms with Crippen LogP contribution in [0.25, 0.3) is 5.57 Å². The molecule has 0 amide bonds. The molecule has 1 fully saturated rings. The number of nitrogens with one attached hydrogen (secondary N) is 1. The van der Waals surface area contributed by atoms with E-state index in [0.717, 1.165) is 35.9 Å². The molecule has 1 aromatic heterocycles. The van der Waals surface area contributed by atoms with Crippen LogP contribution in [0.4, 0.5) is 0 Å². The predicted molar refractivity (Wildman–Crippen MR) is 105 cm³/mol. The fourth-order valence-electron chi connectivity index (χ4n) is 3.37. The molecule has 138 valence electrons. The molecular weight excluding hydrogens is 370 g/mol. The average Bonchev–Trinajstić information content (AvgIpc) is 3.07. The van der Waals surface area contributed by atoms with Crippen molar-refractivity contribution < 1.29 is 8.42 Å². The van der Waals surface area contributed by atoms with Gasteiger partial charge in [0.2, 0.25) is 0 Å². The van der Waals surface area contributed by atoms with Crippen LogP contribution in [0.1, 0.15) is 42.5 Å². The molecule has 1 heterocycles. The maximum Gasteiger partial charge on any atom is 0.251 e. The molecule has 1 aromatic carbocycles. The number of aryl methyl sites for hydroxylation is 1. The maximum absolute atomic E-state index is 12.1. The maximum atomic E-state index is 12.1. The highest BCUT2D eigenvalue weighted by Gasteiger charge is 2.18. The number of sulfone groups is 1. The summed E-state index contributed by atoms with van der Waals surface area (Å²) in [5, 5.41) is 0.191. The van der Waals surface area contributed by atoms with Crippen molar-refractivity contribution in [3.05, 3.63) is 68.6 Å². The van der Waals surface area contributed by atoms with E-state index in [-0.39, 0.29) is 15.5 Å². The summed E-state index contributed by atoms with van der Waals surface area (Å²) in [5.74, 6) is 0.447. The van der Waals surface area contributed by atoms with E-state index in [1.807, 2.05) is 6.07 Å². The second-order valence-corrected chi connectivity index (χ2v) is 9.32. The molecule has 0 unspecified atom stereocenters. The number of aromatic nitrogens is 1. The number of pyridine rings is 1. The summed E-state index contributed by atoms with van der Waals surface area (Å²) in [5.41, 5.74) is 2.93. The molecule has 0 saturated heterocycles. The van der Waals surface area contributed by atoms with E-state index in [2.05, 4.69) is 11.1 Å². The fraction of sp³-hybridized carbons (Fsp3) is 0.350. The number of halogens is 1. The quantitative estimate of drug-likeness (QED) is 0.841. The molecule has 26 heavy (non-hydrogen) atoms. The topological polar surface area (TPSA) is 67.0 Å². The summed E-state index contributed by atoms with van der Waals surface area (Å²) >= 11 is 6.24. The Morgan fingerprint density at radius 1 is 1.19 bits per heavy atom. The van der Waals surface area contributed by atoms with Crippen LogP contribution < -0.4 is 5.56 Å². The van der Waals surface area contributed by atoms with Gasteiger partial charge in [0.05, 0.1) is 9.92 Å². The second-order valence-electron chi connectivity index (χ2n) is 6.93. The number of H-pyrrole nitrogens is 1. The summed E-state index contributed by atoms with van der Waals surface area (Å²) in [6.07, 6.45) is 7.96. The smallest absolute Gasteiger partial charge is 0.251 e. The van der Waals surface area contributed by atoms with Crippen LogP contribution in [-0.2, 0) is 9.84 Å². The van der Waals surface area contributed by atoms with Crippen LogP contribution in [-0.4, -0.2) is 19.7 Å². The largest absolute Gasteiger partial charge is 0.322 e. The van der Waals surface area contributed by atoms with Crippen molar-refractivity contribution in [3.63, 3.8) is 0 Å². The van der Waals surface area contributed by atoms with Gasteiger partial charge in [0.15, 0.2) is 9.84 Å². The summed E-state index contributed by atoms with van der Waals surface area (Å²) in [4.78, 5) is 15.1. The Balaban J connectivity index is 2.13. The van der Waals surface area contributed by atoms with Gasteiger partial charge in [-0.25, -0.2) is 8.42 Å². The number of allylic oxidation sites excluding steroid dienone is 1. The highest BCUT2D eigenvalue weighted by atomic mass is 35.5. The Morgan fingerprint density at radius 3 is 2.46 bits per heavy atom. The molecule has 2 aromatic rings. The van der Waals surface area contributed by atoms with E-state index in [1.54, 1.807) is 25.1 Å². The lowest BCUT2D eigenvalue weighted by Crippen LogP contribution is -2.11.